The summed E-state index contributed by atoms with van der Waals surface area (Å²) in [5, 5.41) is 0. The van der Waals surface area contributed by atoms with Gasteiger partial charge in [-0.15, -0.1) is 0 Å². The van der Waals surface area contributed by atoms with Crippen LogP contribution in [-0.2, 0) is 9.59 Å². The molecule has 6 nitrogen and oxygen atoms in total. The number of hydrogen-bond donors (Lipinski definition) is 2. The number of nitrogens with zero attached hydrogens (tertiary/aromatic N) is 2. The van der Waals surface area contributed by atoms with Crippen molar-refractivity contribution in [3.05, 3.63) is 29.8 Å². The maximum Gasteiger partial charge on any atom is 0.234 e. The molecule has 0 spiro atoms. The van der Waals surface area contributed by atoms with Gasteiger partial charge >= 0.3 is 0 Å². The SMILES string of the molecule is Cc1ccc(N2CCN(C(=O)CCC(=O)NN)CC2)cc1. The number of anilines is 1. The van der Waals surface area contributed by atoms with Crippen molar-refractivity contribution in [1.29, 1.82) is 0 Å². The van der Waals surface area contributed by atoms with E-state index in [2.05, 4.69) is 36.1 Å². The van der Waals surface area contributed by atoms with Gasteiger partial charge in [-0.2, -0.15) is 0 Å². The summed E-state index contributed by atoms with van der Waals surface area (Å²) in [5.74, 6) is 4.71. The van der Waals surface area contributed by atoms with E-state index in [9.17, 15) is 9.59 Å². The average Bonchev–Trinajstić information content (AvgIpc) is 2.53. The van der Waals surface area contributed by atoms with Crippen LogP contribution < -0.4 is 16.2 Å². The van der Waals surface area contributed by atoms with Crippen LogP contribution in [0.2, 0.25) is 0 Å². The third-order valence-corrected chi connectivity index (χ3v) is 3.76. The Hall–Kier alpha value is -2.08. The van der Waals surface area contributed by atoms with Crippen LogP contribution >= 0.6 is 0 Å². The molecule has 1 aliphatic heterocycles. The minimum atomic E-state index is -0.304. The second-order valence-electron chi connectivity index (χ2n) is 5.27. The van der Waals surface area contributed by atoms with Gasteiger partial charge in [-0.3, -0.25) is 15.0 Å². The van der Waals surface area contributed by atoms with E-state index in [-0.39, 0.29) is 24.7 Å². The first-order valence-corrected chi connectivity index (χ1v) is 7.19. The Morgan fingerprint density at radius 1 is 1.10 bits per heavy atom. The van der Waals surface area contributed by atoms with Crippen LogP contribution in [0.5, 0.6) is 0 Å². The molecular weight excluding hydrogens is 268 g/mol. The quantitative estimate of drug-likeness (QED) is 0.478. The largest absolute Gasteiger partial charge is 0.368 e. The topological polar surface area (TPSA) is 78.7 Å². The molecule has 0 unspecified atom stereocenters. The number of nitrogens with two attached hydrogens (primary N) is 1. The van der Waals surface area contributed by atoms with E-state index in [1.54, 1.807) is 0 Å². The third-order valence-electron chi connectivity index (χ3n) is 3.76. The Bertz CT molecular complexity index is 493. The molecule has 114 valence electrons. The summed E-state index contributed by atoms with van der Waals surface area (Å²) >= 11 is 0. The molecule has 1 heterocycles. The van der Waals surface area contributed by atoms with Gasteiger partial charge in [0.1, 0.15) is 0 Å². The Labute approximate surface area is 124 Å². The average molecular weight is 290 g/mol. The third kappa shape index (κ3) is 4.19. The maximum atomic E-state index is 12.0. The molecule has 2 amide bonds. The molecule has 0 aromatic heterocycles. The Morgan fingerprint density at radius 3 is 2.29 bits per heavy atom. The normalized spacial score (nSPS) is 15.0. The highest BCUT2D eigenvalue weighted by atomic mass is 16.2. The number of rotatable bonds is 4. The molecule has 0 bridgehead atoms. The van der Waals surface area contributed by atoms with Gasteiger partial charge in [-0.25, -0.2) is 5.84 Å². The number of amides is 2. The molecule has 1 saturated heterocycles. The summed E-state index contributed by atoms with van der Waals surface area (Å²) < 4.78 is 0. The van der Waals surface area contributed by atoms with Crippen molar-refractivity contribution in [2.24, 2.45) is 5.84 Å². The molecule has 1 aliphatic rings. The molecule has 0 radical (unpaired) electrons. The van der Waals surface area contributed by atoms with Crippen molar-refractivity contribution in [2.75, 3.05) is 31.1 Å². The van der Waals surface area contributed by atoms with Crippen molar-refractivity contribution in [3.63, 3.8) is 0 Å². The van der Waals surface area contributed by atoms with Crippen molar-refractivity contribution in [2.45, 2.75) is 19.8 Å². The van der Waals surface area contributed by atoms with E-state index < -0.39 is 0 Å². The predicted molar refractivity (Wildman–Crippen MR) is 81.5 cm³/mol. The second-order valence-corrected chi connectivity index (χ2v) is 5.27. The molecule has 0 atom stereocenters. The summed E-state index contributed by atoms with van der Waals surface area (Å²) in [5.41, 5.74) is 4.47. The first-order valence-electron chi connectivity index (χ1n) is 7.19. The maximum absolute atomic E-state index is 12.0. The highest BCUT2D eigenvalue weighted by Gasteiger charge is 2.21. The van der Waals surface area contributed by atoms with Crippen LogP contribution in [0.1, 0.15) is 18.4 Å². The minimum Gasteiger partial charge on any atom is -0.368 e. The number of carbonyl (C=O) groups excluding carboxylic acids is 2. The van der Waals surface area contributed by atoms with E-state index in [4.69, 9.17) is 5.84 Å². The second kappa shape index (κ2) is 7.08. The molecule has 1 aromatic rings. The molecule has 6 heteroatoms. The fourth-order valence-corrected chi connectivity index (χ4v) is 2.42. The van der Waals surface area contributed by atoms with Crippen LogP contribution in [0.15, 0.2) is 24.3 Å². The van der Waals surface area contributed by atoms with Crippen molar-refractivity contribution in [3.8, 4) is 0 Å². The summed E-state index contributed by atoms with van der Waals surface area (Å²) in [6, 6.07) is 8.41. The van der Waals surface area contributed by atoms with E-state index in [0.717, 1.165) is 13.1 Å². The highest BCUT2D eigenvalue weighted by Crippen LogP contribution is 2.17. The minimum absolute atomic E-state index is 0.0159. The van der Waals surface area contributed by atoms with Gasteiger partial charge in [-0.05, 0) is 19.1 Å². The number of hydrazine groups is 1. The van der Waals surface area contributed by atoms with Crippen LogP contribution in [0.3, 0.4) is 0 Å². The Morgan fingerprint density at radius 2 is 1.71 bits per heavy atom. The summed E-state index contributed by atoms with van der Waals surface area (Å²) in [6.45, 7) is 5.08. The van der Waals surface area contributed by atoms with Crippen LogP contribution in [0.25, 0.3) is 0 Å². The number of nitrogens with one attached hydrogen (secondary N) is 1. The molecule has 21 heavy (non-hydrogen) atoms. The van der Waals surface area contributed by atoms with Gasteiger partial charge in [-0.1, -0.05) is 17.7 Å². The fourth-order valence-electron chi connectivity index (χ4n) is 2.42. The lowest BCUT2D eigenvalue weighted by atomic mass is 10.2. The molecule has 1 fully saturated rings. The molecule has 3 N–H and O–H groups in total. The van der Waals surface area contributed by atoms with Gasteiger partial charge in [0.25, 0.3) is 0 Å². The Kier molecular flexibility index (Phi) is 5.16. The van der Waals surface area contributed by atoms with E-state index in [0.29, 0.717) is 13.1 Å². The molecule has 1 aromatic carbocycles. The lowest BCUT2D eigenvalue weighted by Gasteiger charge is -2.36. The molecule has 2 rings (SSSR count). The van der Waals surface area contributed by atoms with Crippen LogP contribution in [-0.4, -0.2) is 42.9 Å². The molecular formula is C15H22N4O2. The molecule has 0 saturated carbocycles. The van der Waals surface area contributed by atoms with Gasteiger partial charge < -0.3 is 9.80 Å². The summed E-state index contributed by atoms with van der Waals surface area (Å²) in [7, 11) is 0. The number of piperazine rings is 1. The van der Waals surface area contributed by atoms with Crippen LogP contribution in [0.4, 0.5) is 5.69 Å². The first-order chi connectivity index (χ1) is 10.1. The van der Waals surface area contributed by atoms with Gasteiger partial charge in [0.2, 0.25) is 11.8 Å². The summed E-state index contributed by atoms with van der Waals surface area (Å²) in [6.07, 6.45) is 0.362. The molecule has 0 aliphatic carbocycles. The zero-order valence-electron chi connectivity index (χ0n) is 12.3. The predicted octanol–water partition coefficient (Wildman–Crippen LogP) is 0.414. The van der Waals surface area contributed by atoms with Gasteiger partial charge in [0.15, 0.2) is 0 Å². The Balaban J connectivity index is 1.81. The van der Waals surface area contributed by atoms with Crippen molar-refractivity contribution < 1.29 is 9.59 Å². The lowest BCUT2D eigenvalue weighted by molar-refractivity contribution is -0.133. The van der Waals surface area contributed by atoms with E-state index in [1.807, 2.05) is 10.3 Å². The zero-order chi connectivity index (χ0) is 15.2. The zero-order valence-corrected chi connectivity index (χ0v) is 12.3. The number of benzene rings is 1. The summed E-state index contributed by atoms with van der Waals surface area (Å²) in [4.78, 5) is 27.1. The van der Waals surface area contributed by atoms with E-state index in [1.165, 1.54) is 11.3 Å². The standard InChI is InChI=1S/C15H22N4O2/c1-12-2-4-13(5-3-12)18-8-10-19(11-9-18)15(21)7-6-14(20)17-16/h2-5H,6-11,16H2,1H3,(H,17,20). The monoisotopic (exact) mass is 290 g/mol. The van der Waals surface area contributed by atoms with Gasteiger partial charge in [0.05, 0.1) is 0 Å². The fraction of sp³-hybridized carbons (Fsp3) is 0.467. The number of carbonyl (C=O) groups is 2. The number of aryl methyl sites for hydroxylation is 1. The lowest BCUT2D eigenvalue weighted by Crippen LogP contribution is -2.49. The van der Waals surface area contributed by atoms with Crippen molar-refractivity contribution in [1.82, 2.24) is 10.3 Å². The van der Waals surface area contributed by atoms with Crippen LogP contribution in [0, 0.1) is 6.92 Å². The first kappa shape index (κ1) is 15.3. The number of hydrogen-bond acceptors (Lipinski definition) is 4. The highest BCUT2D eigenvalue weighted by molar-refractivity contribution is 5.83. The van der Waals surface area contributed by atoms with Gasteiger partial charge in [0, 0.05) is 44.7 Å². The van der Waals surface area contributed by atoms with E-state index >= 15 is 0 Å². The van der Waals surface area contributed by atoms with Crippen molar-refractivity contribution >= 4 is 17.5 Å². The smallest absolute Gasteiger partial charge is 0.234 e.